The number of rotatable bonds is 5. The van der Waals surface area contributed by atoms with Crippen LogP contribution in [0.1, 0.15) is 68.3 Å². The zero-order chi connectivity index (χ0) is 19.1. The highest BCUT2D eigenvalue weighted by Crippen LogP contribution is 2.34. The van der Waals surface area contributed by atoms with Gasteiger partial charge in [-0.2, -0.15) is 0 Å². The van der Waals surface area contributed by atoms with E-state index < -0.39 is 0 Å². The van der Waals surface area contributed by atoms with Crippen molar-refractivity contribution in [2.75, 3.05) is 5.32 Å². The van der Waals surface area contributed by atoms with Gasteiger partial charge in [-0.05, 0) is 38.7 Å². The minimum atomic E-state index is 0.0477. The summed E-state index contributed by atoms with van der Waals surface area (Å²) in [4.78, 5) is 26.2. The van der Waals surface area contributed by atoms with Gasteiger partial charge in [0, 0.05) is 23.2 Å². The van der Waals surface area contributed by atoms with Crippen LogP contribution in [0, 0.1) is 0 Å². The zero-order valence-electron chi connectivity index (χ0n) is 16.2. The fraction of sp³-hybridized carbons (Fsp3) is 0.455. The molecule has 1 aromatic carbocycles. The maximum absolute atomic E-state index is 11.8. The molecule has 0 aliphatic heterocycles. The summed E-state index contributed by atoms with van der Waals surface area (Å²) in [6.45, 7) is 1.58. The predicted molar refractivity (Wildman–Crippen MR) is 110 cm³/mol. The molecule has 144 valence electrons. The van der Waals surface area contributed by atoms with E-state index in [4.69, 9.17) is 9.97 Å². The molecule has 0 radical (unpaired) electrons. The molecular formula is C22H25N5O. The summed E-state index contributed by atoms with van der Waals surface area (Å²) in [6.07, 6.45) is 10.5. The smallest absolute Gasteiger partial charge is 0.166 e. The van der Waals surface area contributed by atoms with Crippen molar-refractivity contribution < 1.29 is 4.79 Å². The van der Waals surface area contributed by atoms with Gasteiger partial charge in [-0.1, -0.05) is 37.5 Å². The Morgan fingerprint density at radius 2 is 1.93 bits per heavy atom. The van der Waals surface area contributed by atoms with Gasteiger partial charge in [-0.3, -0.25) is 4.79 Å². The molecule has 2 saturated carbocycles. The van der Waals surface area contributed by atoms with E-state index in [2.05, 4.69) is 14.9 Å². The normalized spacial score (nSPS) is 17.8. The zero-order valence-corrected chi connectivity index (χ0v) is 16.2. The molecule has 2 aromatic heterocycles. The van der Waals surface area contributed by atoms with Crippen LogP contribution in [0.3, 0.4) is 0 Å². The Morgan fingerprint density at radius 1 is 1.11 bits per heavy atom. The molecular weight excluding hydrogens is 350 g/mol. The number of hydrogen-bond acceptors (Lipinski definition) is 5. The molecule has 0 amide bonds. The van der Waals surface area contributed by atoms with E-state index in [1.165, 1.54) is 44.9 Å². The van der Waals surface area contributed by atoms with Crippen molar-refractivity contribution in [1.29, 1.82) is 0 Å². The third-order valence-electron chi connectivity index (χ3n) is 5.83. The largest absolute Gasteiger partial charge is 0.365 e. The number of benzene rings is 1. The van der Waals surface area contributed by atoms with Crippen LogP contribution in [-0.4, -0.2) is 31.3 Å². The molecule has 28 heavy (non-hydrogen) atoms. The minimum Gasteiger partial charge on any atom is -0.365 e. The number of ketones is 1. The highest BCUT2D eigenvalue weighted by Gasteiger charge is 2.26. The van der Waals surface area contributed by atoms with Crippen molar-refractivity contribution in [1.82, 2.24) is 19.5 Å². The molecule has 1 N–H and O–H groups in total. The maximum Gasteiger partial charge on any atom is 0.166 e. The number of nitrogens with one attached hydrogen (secondary N) is 1. The van der Waals surface area contributed by atoms with Gasteiger partial charge in [0.1, 0.15) is 5.52 Å². The van der Waals surface area contributed by atoms with Crippen LogP contribution < -0.4 is 5.32 Å². The minimum absolute atomic E-state index is 0.0477. The third kappa shape index (κ3) is 3.28. The first-order chi connectivity index (χ1) is 13.7. The third-order valence-corrected chi connectivity index (χ3v) is 5.83. The number of fused-ring (bicyclic) bond motifs is 1. The summed E-state index contributed by atoms with van der Waals surface area (Å²) >= 11 is 0. The van der Waals surface area contributed by atoms with Crippen molar-refractivity contribution in [3.63, 3.8) is 0 Å². The second kappa shape index (κ2) is 7.00. The molecule has 0 unspecified atom stereocenters. The van der Waals surface area contributed by atoms with E-state index in [0.29, 0.717) is 23.5 Å². The summed E-state index contributed by atoms with van der Waals surface area (Å²) in [5, 5.41) is 3.53. The van der Waals surface area contributed by atoms with Gasteiger partial charge in [-0.15, -0.1) is 0 Å². The van der Waals surface area contributed by atoms with E-state index in [1.54, 1.807) is 6.92 Å². The molecule has 2 aliphatic carbocycles. The monoisotopic (exact) mass is 375 g/mol. The van der Waals surface area contributed by atoms with Crippen molar-refractivity contribution in [2.45, 2.75) is 64.0 Å². The Balaban J connectivity index is 1.64. The lowest BCUT2D eigenvalue weighted by atomic mass is 9.95. The Morgan fingerprint density at radius 3 is 2.68 bits per heavy atom. The lowest BCUT2D eigenvalue weighted by molar-refractivity contribution is 0.101. The number of anilines is 1. The van der Waals surface area contributed by atoms with E-state index in [9.17, 15) is 4.79 Å². The topological polar surface area (TPSA) is 72.7 Å². The van der Waals surface area contributed by atoms with Gasteiger partial charge in [0.2, 0.25) is 0 Å². The summed E-state index contributed by atoms with van der Waals surface area (Å²) in [5.41, 5.74) is 3.29. The summed E-state index contributed by atoms with van der Waals surface area (Å²) in [5.74, 6) is 1.51. The van der Waals surface area contributed by atoms with E-state index in [0.717, 1.165) is 22.5 Å². The van der Waals surface area contributed by atoms with Crippen LogP contribution in [-0.2, 0) is 0 Å². The van der Waals surface area contributed by atoms with Crippen LogP contribution in [0.2, 0.25) is 0 Å². The Labute approximate surface area is 164 Å². The average Bonchev–Trinajstić information content (AvgIpc) is 3.44. The van der Waals surface area contributed by atoms with Gasteiger partial charge in [-0.25, -0.2) is 15.0 Å². The molecule has 0 bridgehead atoms. The quantitative estimate of drug-likeness (QED) is 0.650. The Bertz CT molecular complexity index is 1030. The summed E-state index contributed by atoms with van der Waals surface area (Å²) in [7, 11) is 0. The summed E-state index contributed by atoms with van der Waals surface area (Å²) in [6, 6.07) is 8.52. The summed E-state index contributed by atoms with van der Waals surface area (Å²) < 4.78 is 2.24. The second-order valence-electron chi connectivity index (χ2n) is 8.07. The molecule has 6 heteroatoms. The first-order valence-corrected chi connectivity index (χ1v) is 10.3. The fourth-order valence-electron chi connectivity index (χ4n) is 4.07. The van der Waals surface area contributed by atoms with Crippen molar-refractivity contribution >= 4 is 22.8 Å². The standard InChI is InChI=1S/C22H25N5O/c1-14(28)15-6-5-7-16(12-15)20-25-21(24-17-10-11-17)19-22(26-20)27(13-23-19)18-8-3-2-4-9-18/h5-7,12-13,17-18H,2-4,8-11H2,1H3,(H,24,25,26). The Hall–Kier alpha value is -2.76. The van der Waals surface area contributed by atoms with Crippen LogP contribution in [0.5, 0.6) is 0 Å². The van der Waals surface area contributed by atoms with E-state index in [1.807, 2.05) is 30.6 Å². The Kier molecular flexibility index (Phi) is 4.34. The first kappa shape index (κ1) is 17.3. The molecule has 0 spiro atoms. The van der Waals surface area contributed by atoms with Crippen LogP contribution in [0.25, 0.3) is 22.6 Å². The molecule has 2 heterocycles. The molecule has 6 nitrogen and oxygen atoms in total. The molecule has 3 aromatic rings. The molecule has 2 fully saturated rings. The van der Waals surface area contributed by atoms with Crippen LogP contribution >= 0.6 is 0 Å². The van der Waals surface area contributed by atoms with Gasteiger partial charge in [0.15, 0.2) is 23.1 Å². The van der Waals surface area contributed by atoms with Gasteiger partial charge >= 0.3 is 0 Å². The van der Waals surface area contributed by atoms with Crippen molar-refractivity contribution in [2.24, 2.45) is 0 Å². The highest BCUT2D eigenvalue weighted by molar-refractivity contribution is 5.95. The molecule has 2 aliphatic rings. The highest BCUT2D eigenvalue weighted by atomic mass is 16.1. The van der Waals surface area contributed by atoms with Crippen molar-refractivity contribution in [3.8, 4) is 11.4 Å². The number of nitrogens with zero attached hydrogens (tertiary/aromatic N) is 4. The van der Waals surface area contributed by atoms with E-state index >= 15 is 0 Å². The lowest BCUT2D eigenvalue weighted by Gasteiger charge is -2.23. The fourth-order valence-corrected chi connectivity index (χ4v) is 4.07. The van der Waals surface area contributed by atoms with Crippen molar-refractivity contribution in [3.05, 3.63) is 36.2 Å². The SMILES string of the molecule is CC(=O)c1cccc(-c2nc(NC3CC3)c3ncn(C4CCCCC4)c3n2)c1. The molecule has 5 rings (SSSR count). The first-order valence-electron chi connectivity index (χ1n) is 10.3. The van der Waals surface area contributed by atoms with E-state index in [-0.39, 0.29) is 5.78 Å². The number of aromatic nitrogens is 4. The lowest BCUT2D eigenvalue weighted by Crippen LogP contribution is -2.13. The predicted octanol–water partition coefficient (Wildman–Crippen LogP) is 4.78. The van der Waals surface area contributed by atoms with Gasteiger partial charge < -0.3 is 9.88 Å². The number of carbonyl (C=O) groups excluding carboxylic acids is 1. The second-order valence-corrected chi connectivity index (χ2v) is 8.07. The number of carbonyl (C=O) groups is 1. The van der Waals surface area contributed by atoms with Gasteiger partial charge in [0.25, 0.3) is 0 Å². The maximum atomic E-state index is 11.8. The number of hydrogen-bond donors (Lipinski definition) is 1. The van der Waals surface area contributed by atoms with Crippen LogP contribution in [0.15, 0.2) is 30.6 Å². The van der Waals surface area contributed by atoms with Gasteiger partial charge in [0.05, 0.1) is 6.33 Å². The molecule has 0 atom stereocenters. The number of imidazole rings is 1. The number of Topliss-reactive ketones (excluding diaryl/α,β-unsaturated/α-hetero) is 1. The van der Waals surface area contributed by atoms with Crippen LogP contribution in [0.4, 0.5) is 5.82 Å². The molecule has 0 saturated heterocycles. The average molecular weight is 375 g/mol.